The highest BCUT2D eigenvalue weighted by molar-refractivity contribution is 5.76. The molecule has 1 N–H and O–H groups in total. The lowest BCUT2D eigenvalue weighted by Crippen LogP contribution is -2.15. The van der Waals surface area contributed by atoms with Gasteiger partial charge in [0.2, 0.25) is 0 Å². The van der Waals surface area contributed by atoms with E-state index in [2.05, 4.69) is 6.07 Å². The van der Waals surface area contributed by atoms with Crippen molar-refractivity contribution in [2.75, 3.05) is 6.61 Å². The van der Waals surface area contributed by atoms with E-state index in [1.807, 2.05) is 12.1 Å². The molecule has 2 aromatic carbocycles. The maximum absolute atomic E-state index is 13.3. The zero-order valence-electron chi connectivity index (χ0n) is 12.8. The highest BCUT2D eigenvalue weighted by Gasteiger charge is 2.20. The molecule has 0 aliphatic heterocycles. The van der Waals surface area contributed by atoms with Gasteiger partial charge >= 0.3 is 5.97 Å². The summed E-state index contributed by atoms with van der Waals surface area (Å²) in [5.74, 6) is -1.38. The Hall–Kier alpha value is -2.36. The van der Waals surface area contributed by atoms with Crippen LogP contribution in [0.25, 0.3) is 0 Å². The molecule has 23 heavy (non-hydrogen) atoms. The van der Waals surface area contributed by atoms with Crippen molar-refractivity contribution in [3.63, 3.8) is 0 Å². The van der Waals surface area contributed by atoms with Gasteiger partial charge in [0, 0.05) is 0 Å². The number of carboxylic acids is 1. The molecule has 1 atom stereocenters. The molecule has 1 aliphatic rings. The van der Waals surface area contributed by atoms with Crippen LogP contribution in [0.3, 0.4) is 0 Å². The number of fused-ring (bicyclic) bond motifs is 1. The van der Waals surface area contributed by atoms with Crippen molar-refractivity contribution >= 4 is 5.97 Å². The average Bonchev–Trinajstić information content (AvgIpc) is 2.98. The highest BCUT2D eigenvalue weighted by Crippen LogP contribution is 2.27. The summed E-state index contributed by atoms with van der Waals surface area (Å²) in [6.45, 7) is 0.284. The lowest BCUT2D eigenvalue weighted by molar-refractivity contribution is -0.139. The molecule has 0 aromatic heterocycles. The van der Waals surface area contributed by atoms with Gasteiger partial charge in [0.15, 0.2) is 0 Å². The Bertz CT molecular complexity index is 712. The predicted octanol–water partition coefficient (Wildman–Crippen LogP) is 3.95. The number of halogens is 1. The third-order valence-corrected chi connectivity index (χ3v) is 4.29. The fraction of sp³-hybridized carbons (Fsp3) is 0.316. The first-order valence-electron chi connectivity index (χ1n) is 7.86. The van der Waals surface area contributed by atoms with E-state index in [1.54, 1.807) is 6.07 Å². The SMILES string of the molecule is O=C(O)C(CCOc1ccc2c(c1)CCC2)c1cccc(F)c1. The number of carbonyl (C=O) groups is 1. The van der Waals surface area contributed by atoms with Crippen LogP contribution < -0.4 is 4.74 Å². The van der Waals surface area contributed by atoms with Crippen LogP contribution in [0.4, 0.5) is 4.39 Å². The van der Waals surface area contributed by atoms with Crippen LogP contribution in [0.1, 0.15) is 35.4 Å². The monoisotopic (exact) mass is 314 g/mol. The summed E-state index contributed by atoms with van der Waals surface area (Å²) in [5.41, 5.74) is 3.16. The highest BCUT2D eigenvalue weighted by atomic mass is 19.1. The lowest BCUT2D eigenvalue weighted by atomic mass is 9.96. The molecule has 1 unspecified atom stereocenters. The van der Waals surface area contributed by atoms with Crippen LogP contribution in [0.15, 0.2) is 42.5 Å². The minimum atomic E-state index is -0.965. The molecule has 0 fully saturated rings. The molecule has 0 bridgehead atoms. The van der Waals surface area contributed by atoms with Crippen LogP contribution in [0.5, 0.6) is 5.75 Å². The standard InChI is InChI=1S/C19H19FO3/c20-16-6-2-5-15(11-16)18(19(21)22)9-10-23-17-8-7-13-3-1-4-14(13)12-17/h2,5-8,11-12,18H,1,3-4,9-10H2,(H,21,22). The van der Waals surface area contributed by atoms with E-state index >= 15 is 0 Å². The number of ether oxygens (including phenoxy) is 1. The predicted molar refractivity (Wildman–Crippen MR) is 85.4 cm³/mol. The third-order valence-electron chi connectivity index (χ3n) is 4.29. The molecule has 0 amide bonds. The quantitative estimate of drug-likeness (QED) is 0.878. The number of hydrogen-bond donors (Lipinski definition) is 1. The van der Waals surface area contributed by atoms with Crippen molar-refractivity contribution in [1.29, 1.82) is 0 Å². The second-order valence-electron chi connectivity index (χ2n) is 5.87. The van der Waals surface area contributed by atoms with E-state index in [-0.39, 0.29) is 6.61 Å². The molecule has 0 saturated carbocycles. The molecule has 120 valence electrons. The third kappa shape index (κ3) is 3.70. The van der Waals surface area contributed by atoms with Crippen molar-refractivity contribution in [3.8, 4) is 5.75 Å². The van der Waals surface area contributed by atoms with E-state index in [0.717, 1.165) is 18.6 Å². The van der Waals surface area contributed by atoms with Crippen molar-refractivity contribution in [1.82, 2.24) is 0 Å². The van der Waals surface area contributed by atoms with Gasteiger partial charge in [-0.15, -0.1) is 0 Å². The molecular weight excluding hydrogens is 295 g/mol. The summed E-state index contributed by atoms with van der Waals surface area (Å²) in [4.78, 5) is 11.4. The minimum Gasteiger partial charge on any atom is -0.494 e. The van der Waals surface area contributed by atoms with Crippen molar-refractivity contribution in [3.05, 3.63) is 65.0 Å². The van der Waals surface area contributed by atoms with Gasteiger partial charge in [-0.25, -0.2) is 4.39 Å². The molecule has 0 heterocycles. The summed E-state index contributed by atoms with van der Waals surface area (Å²) in [6.07, 6.45) is 3.68. The van der Waals surface area contributed by atoms with Gasteiger partial charge in [0.1, 0.15) is 11.6 Å². The van der Waals surface area contributed by atoms with E-state index < -0.39 is 17.7 Å². The Kier molecular flexibility index (Phi) is 4.60. The largest absolute Gasteiger partial charge is 0.494 e. The van der Waals surface area contributed by atoms with Crippen LogP contribution in [-0.2, 0) is 17.6 Å². The molecular formula is C19H19FO3. The molecule has 1 aliphatic carbocycles. The van der Waals surface area contributed by atoms with Gasteiger partial charge < -0.3 is 9.84 Å². The number of rotatable bonds is 6. The van der Waals surface area contributed by atoms with Gasteiger partial charge in [0.25, 0.3) is 0 Å². The smallest absolute Gasteiger partial charge is 0.311 e. The van der Waals surface area contributed by atoms with Crippen LogP contribution >= 0.6 is 0 Å². The Morgan fingerprint density at radius 2 is 2.00 bits per heavy atom. The summed E-state index contributed by atoms with van der Waals surface area (Å²) in [6, 6.07) is 11.8. The fourth-order valence-corrected chi connectivity index (χ4v) is 3.09. The zero-order valence-corrected chi connectivity index (χ0v) is 12.8. The summed E-state index contributed by atoms with van der Waals surface area (Å²) in [7, 11) is 0. The van der Waals surface area contributed by atoms with E-state index in [1.165, 1.54) is 35.7 Å². The topological polar surface area (TPSA) is 46.5 Å². The number of benzene rings is 2. The molecule has 0 spiro atoms. The second kappa shape index (κ2) is 6.82. The number of carboxylic acid groups (broad SMARTS) is 1. The molecule has 0 radical (unpaired) electrons. The summed E-state index contributed by atoms with van der Waals surface area (Å²) in [5, 5.41) is 9.36. The Morgan fingerprint density at radius 3 is 2.78 bits per heavy atom. The van der Waals surface area contributed by atoms with Gasteiger partial charge in [-0.3, -0.25) is 4.79 Å². The lowest BCUT2D eigenvalue weighted by Gasteiger charge is -2.14. The van der Waals surface area contributed by atoms with E-state index in [0.29, 0.717) is 12.0 Å². The van der Waals surface area contributed by atoms with Gasteiger partial charge in [-0.05, 0) is 66.6 Å². The average molecular weight is 314 g/mol. The number of aliphatic carboxylic acids is 1. The van der Waals surface area contributed by atoms with Crippen molar-refractivity contribution < 1.29 is 19.0 Å². The molecule has 2 aromatic rings. The normalized spacial score (nSPS) is 14.3. The van der Waals surface area contributed by atoms with Gasteiger partial charge in [0.05, 0.1) is 12.5 Å². The van der Waals surface area contributed by atoms with E-state index in [9.17, 15) is 14.3 Å². The zero-order chi connectivity index (χ0) is 16.2. The van der Waals surface area contributed by atoms with Crippen molar-refractivity contribution in [2.45, 2.75) is 31.6 Å². The van der Waals surface area contributed by atoms with Crippen LogP contribution in [0.2, 0.25) is 0 Å². The van der Waals surface area contributed by atoms with Gasteiger partial charge in [-0.1, -0.05) is 18.2 Å². The molecule has 3 rings (SSSR count). The molecule has 3 nitrogen and oxygen atoms in total. The minimum absolute atomic E-state index is 0.284. The molecule has 4 heteroatoms. The van der Waals surface area contributed by atoms with Crippen LogP contribution in [-0.4, -0.2) is 17.7 Å². The Balaban J connectivity index is 1.62. The first kappa shape index (κ1) is 15.5. The fourth-order valence-electron chi connectivity index (χ4n) is 3.09. The summed E-state index contributed by atoms with van der Waals surface area (Å²) < 4.78 is 19.0. The first-order valence-corrected chi connectivity index (χ1v) is 7.86. The number of aryl methyl sites for hydroxylation is 2. The number of hydrogen-bond acceptors (Lipinski definition) is 2. The van der Waals surface area contributed by atoms with Crippen LogP contribution in [0, 0.1) is 5.82 Å². The maximum atomic E-state index is 13.3. The summed E-state index contributed by atoms with van der Waals surface area (Å²) >= 11 is 0. The first-order chi connectivity index (χ1) is 11.1. The van der Waals surface area contributed by atoms with Crippen molar-refractivity contribution in [2.24, 2.45) is 0 Å². The Morgan fingerprint density at radius 1 is 1.17 bits per heavy atom. The second-order valence-corrected chi connectivity index (χ2v) is 5.87. The van der Waals surface area contributed by atoms with Gasteiger partial charge in [-0.2, -0.15) is 0 Å². The molecule has 0 saturated heterocycles. The van der Waals surface area contributed by atoms with E-state index in [4.69, 9.17) is 4.74 Å². The Labute approximate surface area is 134 Å². The maximum Gasteiger partial charge on any atom is 0.311 e.